The van der Waals surface area contributed by atoms with Gasteiger partial charge in [-0.15, -0.1) is 0 Å². The fourth-order valence-electron chi connectivity index (χ4n) is 2.67. The van der Waals surface area contributed by atoms with E-state index < -0.39 is 11.6 Å². The van der Waals surface area contributed by atoms with Crippen LogP contribution in [0.3, 0.4) is 0 Å². The van der Waals surface area contributed by atoms with Gasteiger partial charge in [0.05, 0.1) is 12.7 Å². The van der Waals surface area contributed by atoms with Crippen LogP contribution in [0.15, 0.2) is 12.1 Å². The van der Waals surface area contributed by atoms with E-state index in [9.17, 15) is 8.78 Å². The van der Waals surface area contributed by atoms with Crippen molar-refractivity contribution in [2.75, 3.05) is 7.11 Å². The van der Waals surface area contributed by atoms with E-state index in [0.29, 0.717) is 11.1 Å². The van der Waals surface area contributed by atoms with Gasteiger partial charge in [0.15, 0.2) is 11.6 Å². The van der Waals surface area contributed by atoms with Crippen molar-refractivity contribution in [2.45, 2.75) is 44.3 Å². The van der Waals surface area contributed by atoms with Crippen LogP contribution >= 0.6 is 0 Å². The third-order valence-corrected chi connectivity index (χ3v) is 3.75. The molecule has 0 amide bonds. The summed E-state index contributed by atoms with van der Waals surface area (Å²) in [5, 5.41) is 9.05. The number of hydrogen-bond donors (Lipinski definition) is 1. The molecule has 1 aromatic carbocycles. The minimum absolute atomic E-state index is 0.0254. The normalized spacial score (nSPS) is 24.2. The number of methoxy groups -OCH3 is 1. The molecule has 18 heavy (non-hydrogen) atoms. The van der Waals surface area contributed by atoms with Gasteiger partial charge >= 0.3 is 0 Å². The lowest BCUT2D eigenvalue weighted by atomic mass is 9.82. The molecule has 2 nitrogen and oxygen atoms in total. The van der Waals surface area contributed by atoms with Gasteiger partial charge in [0.2, 0.25) is 0 Å². The topological polar surface area (TPSA) is 29.5 Å². The zero-order valence-electron chi connectivity index (χ0n) is 10.5. The van der Waals surface area contributed by atoms with Gasteiger partial charge in [-0.25, -0.2) is 8.78 Å². The number of aliphatic hydroxyl groups excluding tert-OH is 1. The van der Waals surface area contributed by atoms with Crippen LogP contribution in [0.2, 0.25) is 0 Å². The zero-order chi connectivity index (χ0) is 13.1. The van der Waals surface area contributed by atoms with Crippen molar-refractivity contribution in [3.63, 3.8) is 0 Å². The Balaban J connectivity index is 2.20. The molecule has 0 unspecified atom stereocenters. The van der Waals surface area contributed by atoms with Crippen molar-refractivity contribution in [1.29, 1.82) is 0 Å². The molecule has 0 aromatic heterocycles. The average Bonchev–Trinajstić information content (AvgIpc) is 2.42. The number of benzene rings is 1. The lowest BCUT2D eigenvalue weighted by Gasteiger charge is -2.28. The molecule has 2 rings (SSSR count). The second-order valence-electron chi connectivity index (χ2n) is 4.85. The van der Waals surface area contributed by atoms with Crippen LogP contribution in [0.5, 0.6) is 0 Å². The van der Waals surface area contributed by atoms with Crippen molar-refractivity contribution in [3.05, 3.63) is 34.9 Å². The van der Waals surface area contributed by atoms with E-state index in [1.165, 1.54) is 0 Å². The quantitative estimate of drug-likeness (QED) is 0.900. The third kappa shape index (κ3) is 2.70. The smallest absolute Gasteiger partial charge is 0.162 e. The Morgan fingerprint density at radius 3 is 2.44 bits per heavy atom. The van der Waals surface area contributed by atoms with Crippen LogP contribution in [0.25, 0.3) is 0 Å². The highest BCUT2D eigenvalue weighted by Crippen LogP contribution is 2.36. The van der Waals surface area contributed by atoms with E-state index in [2.05, 4.69) is 0 Å². The summed E-state index contributed by atoms with van der Waals surface area (Å²) in [6, 6.07) is 2.63. The van der Waals surface area contributed by atoms with Gasteiger partial charge in [0, 0.05) is 7.11 Å². The zero-order valence-corrected chi connectivity index (χ0v) is 10.5. The van der Waals surface area contributed by atoms with E-state index in [-0.39, 0.29) is 18.6 Å². The Bertz CT molecular complexity index is 413. The van der Waals surface area contributed by atoms with Crippen molar-refractivity contribution in [1.82, 2.24) is 0 Å². The maximum Gasteiger partial charge on any atom is 0.162 e. The number of hydrogen-bond acceptors (Lipinski definition) is 2. The molecular formula is C14H18F2O2. The molecule has 1 aromatic rings. The largest absolute Gasteiger partial charge is 0.392 e. The molecule has 1 saturated carbocycles. The first-order valence-electron chi connectivity index (χ1n) is 6.27. The van der Waals surface area contributed by atoms with E-state index in [0.717, 1.165) is 31.7 Å². The summed E-state index contributed by atoms with van der Waals surface area (Å²) in [5.74, 6) is -1.61. The van der Waals surface area contributed by atoms with E-state index in [1.54, 1.807) is 13.2 Å². The molecule has 100 valence electrons. The molecule has 0 heterocycles. The molecule has 1 aliphatic rings. The first-order chi connectivity index (χ1) is 8.65. The van der Waals surface area contributed by atoms with Crippen LogP contribution in [0.1, 0.15) is 42.7 Å². The summed E-state index contributed by atoms with van der Waals surface area (Å²) >= 11 is 0. The summed E-state index contributed by atoms with van der Waals surface area (Å²) in [6.07, 6.45) is 3.56. The molecule has 1 aliphatic carbocycles. The Morgan fingerprint density at radius 2 is 1.89 bits per heavy atom. The molecule has 0 bridgehead atoms. The highest BCUT2D eigenvalue weighted by molar-refractivity contribution is 5.29. The van der Waals surface area contributed by atoms with Gasteiger partial charge in [-0.1, -0.05) is 6.07 Å². The summed E-state index contributed by atoms with van der Waals surface area (Å²) in [5.41, 5.74) is 0.825. The summed E-state index contributed by atoms with van der Waals surface area (Å²) in [4.78, 5) is 0. The highest BCUT2D eigenvalue weighted by Gasteiger charge is 2.25. The first kappa shape index (κ1) is 13.4. The van der Waals surface area contributed by atoms with Crippen LogP contribution in [-0.2, 0) is 11.3 Å². The number of halogens is 2. The number of ether oxygens (including phenoxy) is 1. The molecular weight excluding hydrogens is 238 g/mol. The van der Waals surface area contributed by atoms with E-state index >= 15 is 0 Å². The molecule has 1 N–H and O–H groups in total. The van der Waals surface area contributed by atoms with Crippen LogP contribution in [-0.4, -0.2) is 18.3 Å². The van der Waals surface area contributed by atoms with Crippen molar-refractivity contribution >= 4 is 0 Å². The van der Waals surface area contributed by atoms with Crippen LogP contribution in [0, 0.1) is 11.6 Å². The lowest BCUT2D eigenvalue weighted by Crippen LogP contribution is -2.20. The second kappa shape index (κ2) is 5.76. The monoisotopic (exact) mass is 256 g/mol. The van der Waals surface area contributed by atoms with Gasteiger partial charge in [-0.2, -0.15) is 0 Å². The molecule has 0 saturated heterocycles. The van der Waals surface area contributed by atoms with Gasteiger partial charge in [0.25, 0.3) is 0 Å². The lowest BCUT2D eigenvalue weighted by molar-refractivity contribution is 0.0654. The van der Waals surface area contributed by atoms with E-state index in [1.807, 2.05) is 0 Å². The molecule has 0 aliphatic heterocycles. The van der Waals surface area contributed by atoms with Crippen molar-refractivity contribution in [3.8, 4) is 0 Å². The first-order valence-corrected chi connectivity index (χ1v) is 6.27. The Kier molecular flexibility index (Phi) is 4.30. The molecule has 0 spiro atoms. The number of aliphatic hydroxyl groups is 1. The highest BCUT2D eigenvalue weighted by atomic mass is 19.2. The fourth-order valence-corrected chi connectivity index (χ4v) is 2.67. The Labute approximate surface area is 106 Å². The van der Waals surface area contributed by atoms with Gasteiger partial charge < -0.3 is 9.84 Å². The van der Waals surface area contributed by atoms with E-state index in [4.69, 9.17) is 9.84 Å². The summed E-state index contributed by atoms with van der Waals surface area (Å²) in [6.45, 7) is -0.266. The Morgan fingerprint density at radius 1 is 1.22 bits per heavy atom. The fraction of sp³-hybridized carbons (Fsp3) is 0.571. The van der Waals surface area contributed by atoms with Gasteiger partial charge in [0.1, 0.15) is 0 Å². The minimum Gasteiger partial charge on any atom is -0.392 e. The summed E-state index contributed by atoms with van der Waals surface area (Å²) < 4.78 is 32.5. The van der Waals surface area contributed by atoms with Crippen molar-refractivity contribution < 1.29 is 18.6 Å². The number of rotatable bonds is 3. The molecule has 4 heteroatoms. The van der Waals surface area contributed by atoms with Gasteiger partial charge in [-0.3, -0.25) is 0 Å². The molecule has 0 atom stereocenters. The van der Waals surface area contributed by atoms with Crippen molar-refractivity contribution in [2.24, 2.45) is 0 Å². The third-order valence-electron chi connectivity index (χ3n) is 3.75. The van der Waals surface area contributed by atoms with Crippen LogP contribution < -0.4 is 0 Å². The Hall–Kier alpha value is -1.00. The second-order valence-corrected chi connectivity index (χ2v) is 4.85. The predicted molar refractivity (Wildman–Crippen MR) is 64.3 cm³/mol. The maximum absolute atomic E-state index is 13.8. The standard InChI is InChI=1S/C14H18F2O2/c1-18-11-4-2-10(3-5-11)12-6-9(8-17)7-13(15)14(12)16/h6-7,10-11,17H,2-5,8H2,1H3. The average molecular weight is 256 g/mol. The molecule has 1 fully saturated rings. The predicted octanol–water partition coefficient (Wildman–Crippen LogP) is 3.13. The summed E-state index contributed by atoms with van der Waals surface area (Å²) in [7, 11) is 1.68. The van der Waals surface area contributed by atoms with Crippen LogP contribution in [0.4, 0.5) is 8.78 Å². The van der Waals surface area contributed by atoms with Gasteiger partial charge in [-0.05, 0) is 48.8 Å². The maximum atomic E-state index is 13.8. The molecule has 0 radical (unpaired) electrons. The minimum atomic E-state index is -0.870. The SMILES string of the molecule is COC1CCC(c2cc(CO)cc(F)c2F)CC1.